The number of para-hydroxylation sites is 1. The lowest BCUT2D eigenvalue weighted by Gasteiger charge is -2.40. The summed E-state index contributed by atoms with van der Waals surface area (Å²) in [5, 5.41) is 5.37. The van der Waals surface area contributed by atoms with E-state index in [2.05, 4.69) is 232 Å². The van der Waals surface area contributed by atoms with Gasteiger partial charge >= 0.3 is 0 Å². The predicted octanol–water partition coefficient (Wildman–Crippen LogP) is 16.3. The molecule has 0 atom stereocenters. The van der Waals surface area contributed by atoms with Gasteiger partial charge in [0.1, 0.15) is 0 Å². The summed E-state index contributed by atoms with van der Waals surface area (Å²) in [6.45, 7) is 28.0. The monoisotopic (exact) mass is 906 g/mol. The molecule has 0 saturated carbocycles. The van der Waals surface area contributed by atoms with Crippen LogP contribution in [0.4, 0.5) is 16.4 Å². The third-order valence-electron chi connectivity index (χ3n) is 14.8. The summed E-state index contributed by atoms with van der Waals surface area (Å²) < 4.78 is 6.72. The van der Waals surface area contributed by atoms with E-state index in [1.54, 1.807) is 0 Å². The Morgan fingerprint density at radius 2 is 0.955 bits per heavy atom. The quantitative estimate of drug-likeness (QED) is 0.160. The second-order valence-electron chi connectivity index (χ2n) is 23.5. The number of aromatic nitrogens is 1. The van der Waals surface area contributed by atoms with Crippen LogP contribution in [0.2, 0.25) is 0 Å². The van der Waals surface area contributed by atoms with Crippen LogP contribution in [0, 0.1) is 0 Å². The standard InChI is InChI=1S/C62H59BN2S2/c1-59(2,3)40-24-20-36(21-25-40)38-30-39(37-22-26-41(27-23-37)60(4,5)6)32-44(31-38)64-49-34-43(62(10,11)12)35-50-54(49)63(53-47-33-42(61(7,8)9)28-29-52(47)67-58(53)64)48-18-15-17-46-55(48)65(50)56-45-16-13-14-19-51(45)66-57(46)56/h13-35H,1-12H3. The van der Waals surface area contributed by atoms with Crippen LogP contribution in [0.3, 0.4) is 0 Å². The van der Waals surface area contributed by atoms with Crippen molar-refractivity contribution >= 4 is 103 Å². The molecule has 67 heavy (non-hydrogen) atoms. The van der Waals surface area contributed by atoms with Gasteiger partial charge in [-0.15, -0.1) is 22.7 Å². The molecule has 0 saturated heterocycles. The lowest BCUT2D eigenvalue weighted by Crippen LogP contribution is -2.60. The summed E-state index contributed by atoms with van der Waals surface area (Å²) in [6.07, 6.45) is 0. The van der Waals surface area contributed by atoms with Crippen molar-refractivity contribution in [2.75, 3.05) is 4.90 Å². The normalized spacial score (nSPS) is 13.9. The predicted molar refractivity (Wildman–Crippen MR) is 297 cm³/mol. The first-order valence-electron chi connectivity index (χ1n) is 24.1. The molecule has 2 nitrogen and oxygen atoms in total. The largest absolute Gasteiger partial charge is 0.309 e. The van der Waals surface area contributed by atoms with Crippen molar-refractivity contribution in [3.8, 4) is 27.9 Å². The Balaban J connectivity index is 1.21. The lowest BCUT2D eigenvalue weighted by atomic mass is 9.34. The van der Waals surface area contributed by atoms with Gasteiger partial charge in [0.2, 0.25) is 0 Å². The highest BCUT2D eigenvalue weighted by Crippen LogP contribution is 2.50. The van der Waals surface area contributed by atoms with E-state index in [0.717, 1.165) is 0 Å². The van der Waals surface area contributed by atoms with Gasteiger partial charge in [-0.05, 0) is 130 Å². The number of anilines is 3. The SMILES string of the molecule is CC(C)(C)c1ccc(-c2cc(-c3ccc(C(C)(C)C)cc3)cc(N3c4cc(C(C)(C)C)cc5c4B(c4c3sc3ccc(C(C)(C)C)cc43)c3cccc4c6sc7ccccc7c6n-5c34)c2)cc1. The topological polar surface area (TPSA) is 8.17 Å². The van der Waals surface area contributed by atoms with Crippen molar-refractivity contribution in [1.82, 2.24) is 4.57 Å². The van der Waals surface area contributed by atoms with Gasteiger partial charge in [-0.2, -0.15) is 0 Å². The number of fused-ring (bicyclic) bond motifs is 11. The molecule has 2 aliphatic rings. The Kier molecular flexibility index (Phi) is 9.08. The van der Waals surface area contributed by atoms with Crippen LogP contribution in [-0.2, 0) is 21.7 Å². The first-order valence-corrected chi connectivity index (χ1v) is 25.7. The Bertz CT molecular complexity index is 3590. The maximum Gasteiger partial charge on any atom is 0.254 e. The van der Waals surface area contributed by atoms with E-state index >= 15 is 0 Å². The van der Waals surface area contributed by atoms with E-state index in [-0.39, 0.29) is 28.4 Å². The fraction of sp³-hybridized carbons (Fsp3) is 0.258. The average molecular weight is 907 g/mol. The molecule has 10 aromatic rings. The molecule has 332 valence electrons. The second-order valence-corrected chi connectivity index (χ2v) is 25.6. The molecule has 0 aliphatic carbocycles. The summed E-state index contributed by atoms with van der Waals surface area (Å²) in [5.41, 5.74) is 21.0. The first kappa shape index (κ1) is 42.5. The van der Waals surface area contributed by atoms with E-state index < -0.39 is 0 Å². The van der Waals surface area contributed by atoms with E-state index in [1.165, 1.54) is 124 Å². The molecule has 3 aromatic heterocycles. The third-order valence-corrected chi connectivity index (χ3v) is 17.2. The summed E-state index contributed by atoms with van der Waals surface area (Å²) in [5.74, 6) is 0. The molecule has 0 radical (unpaired) electrons. The van der Waals surface area contributed by atoms with Crippen molar-refractivity contribution in [3.63, 3.8) is 0 Å². The van der Waals surface area contributed by atoms with Crippen molar-refractivity contribution < 1.29 is 0 Å². The smallest absolute Gasteiger partial charge is 0.254 e. The Labute approximate surface area is 405 Å². The number of thiophene rings is 2. The molecule has 0 fully saturated rings. The summed E-state index contributed by atoms with van der Waals surface area (Å²) in [4.78, 5) is 2.68. The molecule has 0 bridgehead atoms. The zero-order valence-corrected chi connectivity index (χ0v) is 42.7. The molecule has 7 aromatic carbocycles. The molecular formula is C62H59BN2S2. The zero-order chi connectivity index (χ0) is 46.7. The van der Waals surface area contributed by atoms with Gasteiger partial charge in [0.25, 0.3) is 6.71 Å². The number of nitrogens with zero attached hydrogens (tertiary/aromatic N) is 2. The van der Waals surface area contributed by atoms with E-state index in [4.69, 9.17) is 0 Å². The van der Waals surface area contributed by atoms with Crippen LogP contribution in [0.25, 0.3) is 69.2 Å². The molecule has 2 aliphatic heterocycles. The fourth-order valence-electron chi connectivity index (χ4n) is 11.0. The zero-order valence-electron chi connectivity index (χ0n) is 41.1. The fourth-order valence-corrected chi connectivity index (χ4v) is 13.4. The third kappa shape index (κ3) is 6.55. The van der Waals surface area contributed by atoms with E-state index in [1.807, 2.05) is 22.7 Å². The van der Waals surface area contributed by atoms with Crippen LogP contribution >= 0.6 is 22.7 Å². The van der Waals surface area contributed by atoms with Crippen LogP contribution in [0.15, 0.2) is 140 Å². The van der Waals surface area contributed by atoms with Crippen molar-refractivity contribution in [1.29, 1.82) is 0 Å². The Hall–Kier alpha value is -5.88. The van der Waals surface area contributed by atoms with Crippen LogP contribution in [0.1, 0.15) is 105 Å². The molecule has 0 spiro atoms. The van der Waals surface area contributed by atoms with Gasteiger partial charge in [0.05, 0.1) is 20.7 Å². The minimum atomic E-state index is -0.107. The second kappa shape index (κ2) is 14.3. The molecular weight excluding hydrogens is 848 g/mol. The van der Waals surface area contributed by atoms with E-state index in [9.17, 15) is 0 Å². The van der Waals surface area contributed by atoms with Gasteiger partial charge in [-0.1, -0.05) is 180 Å². The number of hydrogen-bond donors (Lipinski definition) is 0. The maximum atomic E-state index is 2.68. The summed E-state index contributed by atoms with van der Waals surface area (Å²) >= 11 is 3.90. The first-order chi connectivity index (χ1) is 31.7. The average Bonchev–Trinajstić information content (AvgIpc) is 3.96. The van der Waals surface area contributed by atoms with Crippen molar-refractivity contribution in [2.24, 2.45) is 0 Å². The van der Waals surface area contributed by atoms with Crippen LogP contribution in [0.5, 0.6) is 0 Å². The lowest BCUT2D eigenvalue weighted by molar-refractivity contribution is 0.590. The summed E-state index contributed by atoms with van der Waals surface area (Å²) in [6, 6.07) is 54.6. The van der Waals surface area contributed by atoms with Gasteiger partial charge in [0.15, 0.2) is 0 Å². The summed E-state index contributed by atoms with van der Waals surface area (Å²) in [7, 11) is 0. The Morgan fingerprint density at radius 3 is 1.57 bits per heavy atom. The van der Waals surface area contributed by atoms with Crippen LogP contribution < -0.4 is 21.3 Å². The highest BCUT2D eigenvalue weighted by atomic mass is 32.1. The minimum Gasteiger partial charge on any atom is -0.309 e. The van der Waals surface area contributed by atoms with Gasteiger partial charge in [0, 0.05) is 37.2 Å². The highest BCUT2D eigenvalue weighted by Gasteiger charge is 2.45. The maximum absolute atomic E-state index is 2.68. The number of hydrogen-bond acceptors (Lipinski definition) is 3. The molecule has 0 unspecified atom stereocenters. The van der Waals surface area contributed by atoms with Gasteiger partial charge in [-0.3, -0.25) is 0 Å². The minimum absolute atomic E-state index is 0.00302. The molecule has 5 heteroatoms. The Morgan fingerprint density at radius 1 is 0.403 bits per heavy atom. The van der Waals surface area contributed by atoms with Crippen molar-refractivity contribution in [3.05, 3.63) is 162 Å². The van der Waals surface area contributed by atoms with Crippen LogP contribution in [-0.4, -0.2) is 11.3 Å². The number of benzene rings is 7. The molecule has 5 heterocycles. The molecule has 0 amide bonds. The van der Waals surface area contributed by atoms with Crippen molar-refractivity contribution in [2.45, 2.75) is 105 Å². The molecule has 12 rings (SSSR count). The number of rotatable bonds is 3. The van der Waals surface area contributed by atoms with Gasteiger partial charge < -0.3 is 9.47 Å². The van der Waals surface area contributed by atoms with Gasteiger partial charge in [-0.25, -0.2) is 0 Å². The highest BCUT2D eigenvalue weighted by molar-refractivity contribution is 7.27. The molecule has 0 N–H and O–H groups in total. The van der Waals surface area contributed by atoms with E-state index in [0.29, 0.717) is 0 Å².